The fraction of sp³-hybridized carbons (Fsp3) is 0.303. The number of aryl methyl sites for hydroxylation is 1. The molecule has 1 heterocycles. The molecule has 0 aliphatic carbocycles. The highest BCUT2D eigenvalue weighted by molar-refractivity contribution is 6.05. The summed E-state index contributed by atoms with van der Waals surface area (Å²) in [6.45, 7) is 7.45. The molecule has 5 N–H and O–H groups in total. The zero-order chi connectivity index (χ0) is 32.2. The minimum atomic E-state index is -1.30. The smallest absolute Gasteiger partial charge is 0.340 e. The molecule has 1 atom stereocenters. The van der Waals surface area contributed by atoms with Gasteiger partial charge in [-0.3, -0.25) is 9.59 Å². The van der Waals surface area contributed by atoms with Gasteiger partial charge in [-0.25, -0.2) is 14.4 Å². The number of carboxylic acids is 1. The number of nitrogens with two attached hydrogens (primary N) is 1. The number of amides is 4. The van der Waals surface area contributed by atoms with Crippen molar-refractivity contribution in [3.8, 4) is 11.1 Å². The molecular weight excluding hydrogens is 564 g/mol. The summed E-state index contributed by atoms with van der Waals surface area (Å²) in [7, 11) is 0. The van der Waals surface area contributed by atoms with Crippen molar-refractivity contribution < 1.29 is 33.8 Å². The third-order valence-electron chi connectivity index (χ3n) is 7.17. The van der Waals surface area contributed by atoms with Crippen LogP contribution in [0.25, 0.3) is 11.1 Å². The molecule has 0 aromatic heterocycles. The summed E-state index contributed by atoms with van der Waals surface area (Å²) >= 11 is 0. The van der Waals surface area contributed by atoms with Gasteiger partial charge >= 0.3 is 18.0 Å². The molecule has 1 fully saturated rings. The molecule has 0 radical (unpaired) electrons. The minimum Gasteiger partial charge on any atom is -0.478 e. The van der Waals surface area contributed by atoms with Crippen LogP contribution in [0.2, 0.25) is 0 Å². The Balaban J connectivity index is 1.63. The number of nitrogens with one attached hydrogen (secondary N) is 2. The normalized spacial score (nSPS) is 14.5. The highest BCUT2D eigenvalue weighted by Gasteiger charge is 2.35. The molecular formula is C33H36N4O7. The summed E-state index contributed by atoms with van der Waals surface area (Å²) in [4.78, 5) is 65.2. The van der Waals surface area contributed by atoms with E-state index in [1.54, 1.807) is 32.9 Å². The Hall–Kier alpha value is -5.19. The third kappa shape index (κ3) is 7.41. The maximum Gasteiger partial charge on any atom is 0.340 e. The van der Waals surface area contributed by atoms with Crippen LogP contribution in [0.3, 0.4) is 0 Å². The van der Waals surface area contributed by atoms with Crippen molar-refractivity contribution in [2.75, 3.05) is 17.2 Å². The lowest BCUT2D eigenvalue weighted by Gasteiger charge is -2.26. The molecule has 230 valence electrons. The van der Waals surface area contributed by atoms with Crippen molar-refractivity contribution in [2.24, 2.45) is 5.73 Å². The summed E-state index contributed by atoms with van der Waals surface area (Å²) in [5.41, 5.74) is 7.43. The molecule has 1 aliphatic rings. The van der Waals surface area contributed by atoms with Crippen LogP contribution in [0.15, 0.2) is 60.7 Å². The number of carbonyl (C=O) groups excluding carboxylic acids is 4. The van der Waals surface area contributed by atoms with Gasteiger partial charge in [0.1, 0.15) is 11.6 Å². The largest absolute Gasteiger partial charge is 0.478 e. The van der Waals surface area contributed by atoms with Gasteiger partial charge in [-0.1, -0.05) is 42.5 Å². The van der Waals surface area contributed by atoms with Gasteiger partial charge in [-0.15, -0.1) is 0 Å². The second-order valence-corrected chi connectivity index (χ2v) is 11.6. The minimum absolute atomic E-state index is 0.0730. The van der Waals surface area contributed by atoms with E-state index in [2.05, 4.69) is 10.6 Å². The Labute approximate surface area is 255 Å². The van der Waals surface area contributed by atoms with Gasteiger partial charge in [0, 0.05) is 6.54 Å². The summed E-state index contributed by atoms with van der Waals surface area (Å²) in [6, 6.07) is 15.4. The average Bonchev–Trinajstić information content (AvgIpc) is 3.44. The van der Waals surface area contributed by atoms with Gasteiger partial charge in [0.05, 0.1) is 28.9 Å². The van der Waals surface area contributed by atoms with Crippen molar-refractivity contribution in [3.63, 3.8) is 0 Å². The SMILES string of the molecule is Cc1cc(C(=O)OC(C)(C)C)c(NC(=O)C2CCCN2C(=O)Cc2cccc(C(=O)O)c2NC(N)=O)cc1-c1ccccc1. The highest BCUT2D eigenvalue weighted by atomic mass is 16.6. The Morgan fingerprint density at radius 2 is 1.68 bits per heavy atom. The van der Waals surface area contributed by atoms with Crippen molar-refractivity contribution in [1.82, 2.24) is 4.90 Å². The number of aromatic carboxylic acids is 1. The number of ether oxygens (including phenoxy) is 1. The van der Waals surface area contributed by atoms with Crippen LogP contribution in [0.1, 0.15) is 65.5 Å². The van der Waals surface area contributed by atoms with Crippen LogP contribution < -0.4 is 16.4 Å². The van der Waals surface area contributed by atoms with Crippen LogP contribution >= 0.6 is 0 Å². The highest BCUT2D eigenvalue weighted by Crippen LogP contribution is 2.32. The molecule has 0 saturated carbocycles. The lowest BCUT2D eigenvalue weighted by molar-refractivity contribution is -0.136. The van der Waals surface area contributed by atoms with Gasteiger partial charge in [0.15, 0.2) is 0 Å². The van der Waals surface area contributed by atoms with Crippen LogP contribution in [-0.4, -0.2) is 58.0 Å². The van der Waals surface area contributed by atoms with Crippen molar-refractivity contribution in [2.45, 2.75) is 58.6 Å². The van der Waals surface area contributed by atoms with Gasteiger partial charge in [-0.2, -0.15) is 0 Å². The molecule has 3 aromatic carbocycles. The van der Waals surface area contributed by atoms with Gasteiger partial charge in [0.2, 0.25) is 11.8 Å². The number of hydrogen-bond donors (Lipinski definition) is 4. The predicted octanol–water partition coefficient (Wildman–Crippen LogP) is 4.98. The average molecular weight is 601 g/mol. The number of hydrogen-bond acceptors (Lipinski definition) is 6. The van der Waals surface area contributed by atoms with E-state index in [0.29, 0.717) is 19.4 Å². The summed E-state index contributed by atoms with van der Waals surface area (Å²) in [5, 5.41) is 14.8. The number of anilines is 2. The second-order valence-electron chi connectivity index (χ2n) is 11.6. The molecule has 11 nitrogen and oxygen atoms in total. The topological polar surface area (TPSA) is 168 Å². The fourth-order valence-corrected chi connectivity index (χ4v) is 5.26. The van der Waals surface area contributed by atoms with E-state index in [1.165, 1.54) is 23.1 Å². The summed E-state index contributed by atoms with van der Waals surface area (Å²) in [6.07, 6.45) is 0.679. The van der Waals surface area contributed by atoms with Crippen molar-refractivity contribution >= 4 is 41.2 Å². The van der Waals surface area contributed by atoms with Crippen LogP contribution in [0.4, 0.5) is 16.2 Å². The molecule has 0 bridgehead atoms. The van der Waals surface area contributed by atoms with Crippen molar-refractivity contribution in [1.29, 1.82) is 0 Å². The quantitative estimate of drug-likeness (QED) is 0.264. The molecule has 1 aliphatic heterocycles. The Kier molecular flexibility index (Phi) is 9.37. The van der Waals surface area contributed by atoms with Crippen molar-refractivity contribution in [3.05, 3.63) is 82.9 Å². The lowest BCUT2D eigenvalue weighted by atomic mass is 9.96. The summed E-state index contributed by atoms with van der Waals surface area (Å²) in [5.74, 6) is -2.80. The van der Waals surface area contributed by atoms with Gasteiger partial charge in [-0.05, 0) is 81.0 Å². The molecule has 1 saturated heterocycles. The fourth-order valence-electron chi connectivity index (χ4n) is 5.26. The molecule has 4 rings (SSSR count). The van der Waals surface area contributed by atoms with Gasteiger partial charge < -0.3 is 31.1 Å². The first-order valence-corrected chi connectivity index (χ1v) is 14.2. The molecule has 11 heteroatoms. The maximum absolute atomic E-state index is 13.7. The first kappa shape index (κ1) is 31.7. The van der Waals surface area contributed by atoms with E-state index >= 15 is 0 Å². The zero-order valence-corrected chi connectivity index (χ0v) is 25.1. The lowest BCUT2D eigenvalue weighted by Crippen LogP contribution is -2.44. The van der Waals surface area contributed by atoms with E-state index in [9.17, 15) is 29.1 Å². The third-order valence-corrected chi connectivity index (χ3v) is 7.17. The number of urea groups is 1. The number of esters is 1. The first-order valence-electron chi connectivity index (χ1n) is 14.2. The maximum atomic E-state index is 13.7. The van der Waals surface area contributed by atoms with E-state index in [4.69, 9.17) is 10.5 Å². The van der Waals surface area contributed by atoms with E-state index in [0.717, 1.165) is 16.7 Å². The number of carboxylic acid groups (broad SMARTS) is 1. The standard InChI is InChI=1S/C33H36N4O7/c1-19-16-24(31(42)44-33(2,3)4)25(18-23(19)20-10-6-5-7-11-20)35-29(39)26-14-9-15-37(26)27(38)17-21-12-8-13-22(30(40)41)28(21)36-32(34)43/h5-8,10-13,16,18,26H,9,14-15,17H2,1-4H3,(H,35,39)(H,40,41)(H3,34,36,43). The Morgan fingerprint density at radius 3 is 2.32 bits per heavy atom. The number of para-hydroxylation sites is 1. The Morgan fingerprint density at radius 1 is 0.977 bits per heavy atom. The number of benzene rings is 3. The molecule has 0 spiro atoms. The number of nitrogens with zero attached hydrogens (tertiary/aromatic N) is 1. The van der Waals surface area contributed by atoms with E-state index in [-0.39, 0.29) is 34.5 Å². The molecule has 4 amide bonds. The number of carbonyl (C=O) groups is 5. The van der Waals surface area contributed by atoms with Gasteiger partial charge in [0.25, 0.3) is 0 Å². The monoisotopic (exact) mass is 600 g/mol. The van der Waals surface area contributed by atoms with E-state index in [1.807, 2.05) is 37.3 Å². The first-order chi connectivity index (χ1) is 20.7. The van der Waals surface area contributed by atoms with E-state index < -0.39 is 41.4 Å². The Bertz CT molecular complexity index is 1610. The number of primary amides is 1. The predicted molar refractivity (Wildman–Crippen MR) is 165 cm³/mol. The van der Waals surface area contributed by atoms with Crippen LogP contribution in [0.5, 0.6) is 0 Å². The summed E-state index contributed by atoms with van der Waals surface area (Å²) < 4.78 is 5.63. The molecule has 44 heavy (non-hydrogen) atoms. The zero-order valence-electron chi connectivity index (χ0n) is 25.1. The molecule has 3 aromatic rings. The molecule has 1 unspecified atom stereocenters. The number of likely N-dealkylation sites (tertiary alicyclic amines) is 1. The van der Waals surface area contributed by atoms with Crippen LogP contribution in [0, 0.1) is 6.92 Å². The number of rotatable bonds is 8. The second kappa shape index (κ2) is 13.0. The van der Waals surface area contributed by atoms with Crippen LogP contribution in [-0.2, 0) is 20.7 Å².